The highest BCUT2D eigenvalue weighted by atomic mass is 32.2. The summed E-state index contributed by atoms with van der Waals surface area (Å²) in [6.07, 6.45) is 13.1. The van der Waals surface area contributed by atoms with E-state index in [-0.39, 0.29) is 5.75 Å². The van der Waals surface area contributed by atoms with Gasteiger partial charge in [-0.3, -0.25) is 0 Å². The van der Waals surface area contributed by atoms with Gasteiger partial charge in [0.2, 0.25) is 20.0 Å². The molecule has 0 rings (SSSR count). The van der Waals surface area contributed by atoms with Gasteiger partial charge >= 0.3 is 0 Å². The molecular formula is C18H36N6O4S2. The van der Waals surface area contributed by atoms with Crippen LogP contribution < -0.4 is 0 Å². The van der Waals surface area contributed by atoms with Gasteiger partial charge in [0, 0.05) is 18.9 Å². The van der Waals surface area contributed by atoms with E-state index in [2.05, 4.69) is 25.8 Å². The van der Waals surface area contributed by atoms with E-state index >= 15 is 0 Å². The molecule has 0 amide bonds. The fourth-order valence-electron chi connectivity index (χ4n) is 3.35. The zero-order valence-corrected chi connectivity index (χ0v) is 19.7. The normalized spacial score (nSPS) is 12.7. The first-order chi connectivity index (χ1) is 14.3. The molecule has 0 fully saturated rings. The predicted octanol–water partition coefficient (Wildman–Crippen LogP) is 6.51. The van der Waals surface area contributed by atoms with Crippen molar-refractivity contribution in [2.45, 2.75) is 108 Å². The number of hydrogen-bond acceptors (Lipinski definition) is 4. The Kier molecular flexibility index (Phi) is 16.4. The van der Waals surface area contributed by atoms with Crippen molar-refractivity contribution in [3.05, 3.63) is 20.9 Å². The van der Waals surface area contributed by atoms with Crippen LogP contribution in [0, 0.1) is 0 Å². The van der Waals surface area contributed by atoms with Gasteiger partial charge in [-0.1, -0.05) is 84.0 Å². The summed E-state index contributed by atoms with van der Waals surface area (Å²) in [4.78, 5) is 4.78. The molecule has 0 saturated heterocycles. The van der Waals surface area contributed by atoms with Crippen molar-refractivity contribution in [1.82, 2.24) is 0 Å². The summed E-state index contributed by atoms with van der Waals surface area (Å²) >= 11 is 0. The average molecular weight is 465 g/mol. The molecule has 0 saturated carbocycles. The molecule has 12 heteroatoms. The lowest BCUT2D eigenvalue weighted by Gasteiger charge is -2.14. The standard InChI is InChI=1S/C18H36N6O4S2/c1-2-3-4-5-9-12-15-18(30(27,28)24-22-20)16-13-10-7-6-8-11-14-17-29(25,26)23-21-19/h18H,2-17H2,1H3. The molecule has 0 heterocycles. The largest absolute Gasteiger partial charge is 0.238 e. The van der Waals surface area contributed by atoms with E-state index in [0.717, 1.165) is 57.8 Å². The average Bonchev–Trinajstić information content (AvgIpc) is 2.67. The summed E-state index contributed by atoms with van der Waals surface area (Å²) in [7, 11) is -7.44. The quantitative estimate of drug-likeness (QED) is 0.0867. The zero-order valence-electron chi connectivity index (χ0n) is 18.0. The number of azide groups is 2. The fourth-order valence-corrected chi connectivity index (χ4v) is 5.27. The molecule has 0 aliphatic rings. The highest BCUT2D eigenvalue weighted by Crippen LogP contribution is 2.21. The van der Waals surface area contributed by atoms with Crippen molar-refractivity contribution in [2.75, 3.05) is 5.75 Å². The van der Waals surface area contributed by atoms with Crippen LogP contribution in [0.3, 0.4) is 0 Å². The first-order valence-electron chi connectivity index (χ1n) is 10.9. The predicted molar refractivity (Wildman–Crippen MR) is 120 cm³/mol. The summed E-state index contributed by atoms with van der Waals surface area (Å²) < 4.78 is 52.6. The molecule has 0 aromatic rings. The molecule has 0 N–H and O–H groups in total. The second kappa shape index (κ2) is 17.2. The van der Waals surface area contributed by atoms with Crippen LogP contribution >= 0.6 is 0 Å². The Bertz CT molecular complexity index is 758. The molecule has 1 unspecified atom stereocenters. The van der Waals surface area contributed by atoms with Crippen LogP contribution in [0.15, 0.2) is 9.04 Å². The Hall–Kier alpha value is -1.48. The second-order valence-electron chi connectivity index (χ2n) is 7.59. The third-order valence-corrected chi connectivity index (χ3v) is 7.78. The highest BCUT2D eigenvalue weighted by molar-refractivity contribution is 7.90. The zero-order chi connectivity index (χ0) is 22.7. The number of unbranched alkanes of at least 4 members (excludes halogenated alkanes) is 11. The maximum atomic E-state index is 12.2. The number of rotatable bonds is 20. The van der Waals surface area contributed by atoms with Gasteiger partial charge in [-0.2, -0.15) is 0 Å². The third kappa shape index (κ3) is 15.4. The molecule has 0 aliphatic heterocycles. The summed E-state index contributed by atoms with van der Waals surface area (Å²) in [5, 5.41) is -0.606. The van der Waals surface area contributed by atoms with Gasteiger partial charge in [0.25, 0.3) is 0 Å². The number of nitrogens with zero attached hydrogens (tertiary/aromatic N) is 6. The van der Waals surface area contributed by atoms with Crippen LogP contribution in [-0.4, -0.2) is 27.8 Å². The molecule has 30 heavy (non-hydrogen) atoms. The van der Waals surface area contributed by atoms with Crippen molar-refractivity contribution in [2.24, 2.45) is 9.04 Å². The van der Waals surface area contributed by atoms with E-state index in [9.17, 15) is 16.8 Å². The van der Waals surface area contributed by atoms with Crippen molar-refractivity contribution < 1.29 is 16.8 Å². The summed E-state index contributed by atoms with van der Waals surface area (Å²) in [5.41, 5.74) is 16.7. The maximum Gasteiger partial charge on any atom is 0.238 e. The molecule has 0 spiro atoms. The van der Waals surface area contributed by atoms with Gasteiger partial charge < -0.3 is 0 Å². The van der Waals surface area contributed by atoms with E-state index < -0.39 is 25.3 Å². The van der Waals surface area contributed by atoms with E-state index in [4.69, 9.17) is 11.1 Å². The lowest BCUT2D eigenvalue weighted by Crippen LogP contribution is -2.19. The fraction of sp³-hybridized carbons (Fsp3) is 1.00. The van der Waals surface area contributed by atoms with Gasteiger partial charge in [0.05, 0.1) is 11.0 Å². The minimum atomic E-state index is -3.78. The van der Waals surface area contributed by atoms with E-state index in [0.29, 0.717) is 19.3 Å². The molecule has 0 radical (unpaired) electrons. The smallest absolute Gasteiger partial charge is 0.221 e. The highest BCUT2D eigenvalue weighted by Gasteiger charge is 2.23. The molecule has 0 aromatic carbocycles. The molecule has 0 aromatic heterocycles. The third-order valence-electron chi connectivity index (χ3n) is 5.04. The number of hydrogen-bond donors (Lipinski definition) is 0. The summed E-state index contributed by atoms with van der Waals surface area (Å²) in [5.74, 6) is -0.131. The minimum absolute atomic E-state index is 0.131. The van der Waals surface area contributed by atoms with Crippen molar-refractivity contribution in [1.29, 1.82) is 0 Å². The van der Waals surface area contributed by atoms with E-state index in [1.165, 1.54) is 19.3 Å². The topological polar surface area (TPSA) is 166 Å². The Labute approximate surface area is 181 Å². The molecule has 174 valence electrons. The van der Waals surface area contributed by atoms with E-state index in [1.54, 1.807) is 0 Å². The van der Waals surface area contributed by atoms with Gasteiger partial charge in [0.1, 0.15) is 0 Å². The van der Waals surface area contributed by atoms with Gasteiger partial charge in [-0.05, 0) is 30.3 Å². The molecule has 1 atom stereocenters. The number of sulfonamides is 2. The first-order valence-corrected chi connectivity index (χ1v) is 14.0. The SMILES string of the molecule is CCCCCCCCC(CCCCCCCCCS(=O)(=O)N=[N+]=[N-])S(=O)(=O)N=[N+]=[N-]. The Balaban J connectivity index is 4.09. The molecule has 0 bridgehead atoms. The Morgan fingerprint density at radius 2 is 1.10 bits per heavy atom. The molecule has 0 aliphatic carbocycles. The Morgan fingerprint density at radius 1 is 0.667 bits per heavy atom. The maximum absolute atomic E-state index is 12.2. The van der Waals surface area contributed by atoms with Gasteiger partial charge in [0.15, 0.2) is 0 Å². The van der Waals surface area contributed by atoms with Crippen LogP contribution in [0.25, 0.3) is 20.9 Å². The lowest BCUT2D eigenvalue weighted by atomic mass is 10.0. The monoisotopic (exact) mass is 464 g/mol. The van der Waals surface area contributed by atoms with Crippen LogP contribution in [0.1, 0.15) is 103 Å². The Morgan fingerprint density at radius 3 is 1.57 bits per heavy atom. The van der Waals surface area contributed by atoms with Crippen molar-refractivity contribution >= 4 is 20.0 Å². The molecular weight excluding hydrogens is 428 g/mol. The minimum Gasteiger partial charge on any atom is -0.221 e. The summed E-state index contributed by atoms with van der Waals surface area (Å²) in [6, 6.07) is 0. The van der Waals surface area contributed by atoms with Gasteiger partial charge in [-0.15, -0.1) is 0 Å². The lowest BCUT2D eigenvalue weighted by molar-refractivity contribution is 0.511. The van der Waals surface area contributed by atoms with Crippen molar-refractivity contribution in [3.63, 3.8) is 0 Å². The van der Waals surface area contributed by atoms with Crippen LogP contribution in [0.2, 0.25) is 0 Å². The molecule has 10 nitrogen and oxygen atoms in total. The van der Waals surface area contributed by atoms with Crippen molar-refractivity contribution in [3.8, 4) is 0 Å². The van der Waals surface area contributed by atoms with Gasteiger partial charge in [-0.25, -0.2) is 16.8 Å². The summed E-state index contributed by atoms with van der Waals surface area (Å²) in [6.45, 7) is 2.15. The second-order valence-corrected chi connectivity index (χ2v) is 11.2. The first kappa shape index (κ1) is 28.5. The van der Waals surface area contributed by atoms with Crippen LogP contribution in [-0.2, 0) is 20.0 Å². The van der Waals surface area contributed by atoms with Crippen LogP contribution in [0.4, 0.5) is 0 Å². The van der Waals surface area contributed by atoms with E-state index in [1.807, 2.05) is 0 Å². The van der Waals surface area contributed by atoms with Crippen LogP contribution in [0.5, 0.6) is 0 Å².